The van der Waals surface area contributed by atoms with Crippen molar-refractivity contribution in [3.05, 3.63) is 78.4 Å². The zero-order chi connectivity index (χ0) is 25.8. The summed E-state index contributed by atoms with van der Waals surface area (Å²) in [5.41, 5.74) is 10.4. The Morgan fingerprint density at radius 3 is 2.46 bits per heavy atom. The van der Waals surface area contributed by atoms with Crippen LogP contribution in [0.4, 0.5) is 11.5 Å². The summed E-state index contributed by atoms with van der Waals surface area (Å²) in [7, 11) is 4.00. The van der Waals surface area contributed by atoms with Crippen LogP contribution in [0.3, 0.4) is 0 Å². The van der Waals surface area contributed by atoms with E-state index in [1.54, 1.807) is 12.4 Å². The molecule has 1 saturated heterocycles. The van der Waals surface area contributed by atoms with Gasteiger partial charge in [0.2, 0.25) is 0 Å². The average Bonchev–Trinajstić information content (AvgIpc) is 3.34. The first-order valence-electron chi connectivity index (χ1n) is 12.4. The molecule has 4 aromatic rings. The van der Waals surface area contributed by atoms with E-state index in [-0.39, 0.29) is 11.7 Å². The maximum absolute atomic E-state index is 13.2. The SMILES string of the molecule is CN(C)c1ccc(-c2ccnc(-n3cc(C(=O)N4CCN(CCc5ccccn5)CC4)c(N)n3)n2)cc1. The van der Waals surface area contributed by atoms with Gasteiger partial charge in [-0.3, -0.25) is 14.7 Å². The summed E-state index contributed by atoms with van der Waals surface area (Å²) in [4.78, 5) is 32.9. The Kier molecular flexibility index (Phi) is 7.09. The van der Waals surface area contributed by atoms with Crippen molar-refractivity contribution in [1.29, 1.82) is 0 Å². The third-order valence-corrected chi connectivity index (χ3v) is 6.57. The van der Waals surface area contributed by atoms with Gasteiger partial charge < -0.3 is 15.5 Å². The normalized spacial score (nSPS) is 14.1. The van der Waals surface area contributed by atoms with Crippen molar-refractivity contribution >= 4 is 17.4 Å². The van der Waals surface area contributed by atoms with Crippen LogP contribution in [-0.2, 0) is 6.42 Å². The van der Waals surface area contributed by atoms with E-state index >= 15 is 0 Å². The molecule has 0 aliphatic carbocycles. The number of anilines is 2. The van der Waals surface area contributed by atoms with Gasteiger partial charge in [-0.05, 0) is 30.3 Å². The summed E-state index contributed by atoms with van der Waals surface area (Å²) >= 11 is 0. The number of nitrogen functional groups attached to an aromatic ring is 1. The number of aromatic nitrogens is 5. The smallest absolute Gasteiger partial charge is 0.259 e. The van der Waals surface area contributed by atoms with Gasteiger partial charge in [0.1, 0.15) is 5.56 Å². The van der Waals surface area contributed by atoms with E-state index in [1.165, 1.54) is 4.68 Å². The summed E-state index contributed by atoms with van der Waals surface area (Å²) in [6.07, 6.45) is 6.02. The number of hydrogen-bond donors (Lipinski definition) is 1. The van der Waals surface area contributed by atoms with Gasteiger partial charge in [0.15, 0.2) is 5.82 Å². The lowest BCUT2D eigenvalue weighted by Gasteiger charge is -2.34. The molecule has 1 amide bonds. The van der Waals surface area contributed by atoms with Crippen LogP contribution in [0, 0.1) is 0 Å². The number of carbonyl (C=O) groups excluding carboxylic acids is 1. The molecular weight excluding hydrogens is 466 g/mol. The third-order valence-electron chi connectivity index (χ3n) is 6.57. The van der Waals surface area contributed by atoms with E-state index in [0.717, 1.165) is 48.7 Å². The lowest BCUT2D eigenvalue weighted by Crippen LogP contribution is -2.49. The highest BCUT2D eigenvalue weighted by atomic mass is 16.2. The molecule has 0 unspecified atom stereocenters. The lowest BCUT2D eigenvalue weighted by atomic mass is 10.1. The van der Waals surface area contributed by atoms with Crippen LogP contribution in [0.25, 0.3) is 17.2 Å². The standard InChI is InChI=1S/C27H31N9O/c1-33(2)22-8-6-20(7-9-22)24-10-13-30-27(31-24)36-19-23(25(28)32-36)26(37)35-17-15-34(16-18-35)14-11-21-5-3-4-12-29-21/h3-10,12-13,19H,11,14-18H2,1-2H3,(H2,28,32). The van der Waals surface area contributed by atoms with Crippen molar-refractivity contribution in [2.24, 2.45) is 0 Å². The van der Waals surface area contributed by atoms with Crippen LogP contribution < -0.4 is 10.6 Å². The van der Waals surface area contributed by atoms with Crippen molar-refractivity contribution in [2.45, 2.75) is 6.42 Å². The molecule has 0 atom stereocenters. The van der Waals surface area contributed by atoms with E-state index in [0.29, 0.717) is 24.6 Å². The van der Waals surface area contributed by atoms with Crippen molar-refractivity contribution in [2.75, 3.05) is 57.5 Å². The van der Waals surface area contributed by atoms with Crippen LogP contribution in [0.15, 0.2) is 67.1 Å². The largest absolute Gasteiger partial charge is 0.382 e. The van der Waals surface area contributed by atoms with Crippen LogP contribution in [0.1, 0.15) is 16.1 Å². The lowest BCUT2D eigenvalue weighted by molar-refractivity contribution is 0.0639. The second-order valence-electron chi connectivity index (χ2n) is 9.26. The molecule has 5 rings (SSSR count). The zero-order valence-corrected chi connectivity index (χ0v) is 21.2. The first-order valence-corrected chi connectivity index (χ1v) is 12.4. The maximum atomic E-state index is 13.2. The van der Waals surface area contributed by atoms with Gasteiger partial charge in [-0.2, -0.15) is 0 Å². The Morgan fingerprint density at radius 2 is 1.76 bits per heavy atom. The second-order valence-corrected chi connectivity index (χ2v) is 9.26. The number of hydrogen-bond acceptors (Lipinski definition) is 8. The van der Waals surface area contributed by atoms with E-state index < -0.39 is 0 Å². The predicted octanol–water partition coefficient (Wildman–Crippen LogP) is 2.37. The van der Waals surface area contributed by atoms with Crippen molar-refractivity contribution < 1.29 is 4.79 Å². The molecule has 3 aromatic heterocycles. The molecule has 0 radical (unpaired) electrons. The number of nitrogens with zero attached hydrogens (tertiary/aromatic N) is 8. The first kappa shape index (κ1) is 24.4. The quantitative estimate of drug-likeness (QED) is 0.415. The molecule has 37 heavy (non-hydrogen) atoms. The van der Waals surface area contributed by atoms with Crippen molar-refractivity contribution in [3.8, 4) is 17.2 Å². The Bertz CT molecular complexity index is 1340. The van der Waals surface area contributed by atoms with E-state index in [9.17, 15) is 4.79 Å². The van der Waals surface area contributed by atoms with Crippen molar-refractivity contribution in [3.63, 3.8) is 0 Å². The van der Waals surface area contributed by atoms with Crippen LogP contribution >= 0.6 is 0 Å². The van der Waals surface area contributed by atoms with Gasteiger partial charge in [0, 0.05) is 88.8 Å². The number of benzene rings is 1. The van der Waals surface area contributed by atoms with Crippen LogP contribution in [-0.4, -0.2) is 87.3 Å². The fourth-order valence-electron chi connectivity index (χ4n) is 4.37. The molecule has 1 aromatic carbocycles. The Labute approximate surface area is 216 Å². The van der Waals surface area contributed by atoms with Gasteiger partial charge in [-0.15, -0.1) is 5.10 Å². The molecule has 1 fully saturated rings. The highest BCUT2D eigenvalue weighted by Crippen LogP contribution is 2.22. The molecule has 0 spiro atoms. The Balaban J connectivity index is 1.24. The van der Waals surface area contributed by atoms with E-state index in [1.807, 2.05) is 78.6 Å². The summed E-state index contributed by atoms with van der Waals surface area (Å²) in [6, 6.07) is 15.9. The highest BCUT2D eigenvalue weighted by molar-refractivity contribution is 5.98. The molecule has 2 N–H and O–H groups in total. The Morgan fingerprint density at radius 1 is 0.973 bits per heavy atom. The fraction of sp³-hybridized carbons (Fsp3) is 0.296. The zero-order valence-electron chi connectivity index (χ0n) is 21.2. The minimum atomic E-state index is -0.122. The molecular formula is C27H31N9O. The third kappa shape index (κ3) is 5.59. The number of pyridine rings is 1. The molecule has 0 bridgehead atoms. The van der Waals surface area contributed by atoms with E-state index in [2.05, 4.69) is 25.0 Å². The summed E-state index contributed by atoms with van der Waals surface area (Å²) in [5.74, 6) is 0.412. The van der Waals surface area contributed by atoms with Crippen LogP contribution in [0.2, 0.25) is 0 Å². The fourth-order valence-corrected chi connectivity index (χ4v) is 4.37. The number of nitrogens with two attached hydrogens (primary N) is 1. The number of piperazine rings is 1. The maximum Gasteiger partial charge on any atom is 0.259 e. The highest BCUT2D eigenvalue weighted by Gasteiger charge is 2.25. The molecule has 0 saturated carbocycles. The van der Waals surface area contributed by atoms with Crippen molar-refractivity contribution in [1.82, 2.24) is 34.5 Å². The molecule has 1 aliphatic heterocycles. The van der Waals surface area contributed by atoms with E-state index in [4.69, 9.17) is 5.73 Å². The Hall–Kier alpha value is -4.31. The summed E-state index contributed by atoms with van der Waals surface area (Å²) in [6.45, 7) is 3.82. The predicted molar refractivity (Wildman–Crippen MR) is 144 cm³/mol. The number of carbonyl (C=O) groups is 1. The molecule has 190 valence electrons. The minimum absolute atomic E-state index is 0.122. The topological polar surface area (TPSA) is 109 Å². The van der Waals surface area contributed by atoms with Gasteiger partial charge in [0.05, 0.1) is 5.69 Å². The molecule has 10 heteroatoms. The van der Waals surface area contributed by atoms with Gasteiger partial charge in [0.25, 0.3) is 11.9 Å². The average molecular weight is 498 g/mol. The second kappa shape index (κ2) is 10.8. The van der Waals surface area contributed by atoms with Crippen LogP contribution in [0.5, 0.6) is 0 Å². The summed E-state index contributed by atoms with van der Waals surface area (Å²) in [5, 5.41) is 4.34. The van der Waals surface area contributed by atoms with Gasteiger partial charge in [-0.25, -0.2) is 14.6 Å². The monoisotopic (exact) mass is 497 g/mol. The number of amides is 1. The molecule has 4 heterocycles. The molecule has 1 aliphatic rings. The molecule has 10 nitrogen and oxygen atoms in total. The number of rotatable bonds is 7. The van der Waals surface area contributed by atoms with Gasteiger partial charge in [-0.1, -0.05) is 18.2 Å². The van der Waals surface area contributed by atoms with Gasteiger partial charge >= 0.3 is 0 Å². The first-order chi connectivity index (χ1) is 18.0. The minimum Gasteiger partial charge on any atom is -0.382 e. The summed E-state index contributed by atoms with van der Waals surface area (Å²) < 4.78 is 1.48.